The fraction of sp³-hybridized carbons (Fsp3) is 0.676. The Bertz CT molecular complexity index is 1670. The Morgan fingerprint density at radius 2 is 1.55 bits per heavy atom. The number of hydrogen-bond acceptors (Lipinski definition) is 9. The van der Waals surface area contributed by atoms with Crippen LogP contribution in [0.5, 0.6) is 0 Å². The maximum absolute atomic E-state index is 13.3. The number of anilines is 1. The molecule has 0 spiro atoms. The van der Waals surface area contributed by atoms with Gasteiger partial charge in [-0.1, -0.05) is 45.3 Å². The number of fused-ring (bicyclic) bond motifs is 3. The van der Waals surface area contributed by atoms with Crippen LogP contribution in [-0.2, 0) is 14.2 Å². The molecule has 2 aliphatic heterocycles. The average molecular weight is 779 g/mol. The van der Waals surface area contributed by atoms with Gasteiger partial charge in [-0.25, -0.2) is 9.78 Å². The van der Waals surface area contributed by atoms with Crippen LogP contribution in [0.2, 0.25) is 51.4 Å². The summed E-state index contributed by atoms with van der Waals surface area (Å²) in [5.74, 6) is 0.749. The number of aromatic nitrogens is 4. The third-order valence-electron chi connectivity index (χ3n) is 9.73. The molecule has 11 nitrogen and oxygen atoms in total. The van der Waals surface area contributed by atoms with E-state index in [4.69, 9.17) is 24.3 Å². The molecule has 1 amide bonds. The van der Waals surface area contributed by atoms with Gasteiger partial charge in [0.15, 0.2) is 11.8 Å². The first-order valence-corrected chi connectivity index (χ1v) is 26.0. The predicted molar refractivity (Wildman–Crippen MR) is 205 cm³/mol. The van der Waals surface area contributed by atoms with E-state index in [1.165, 1.54) is 18.3 Å². The monoisotopic (exact) mass is 778 g/mol. The molecule has 0 radical (unpaired) electrons. The highest BCUT2D eigenvalue weighted by Gasteiger charge is 2.46. The molecule has 2 saturated heterocycles. The normalized spacial score (nSPS) is 20.2. The molecule has 16 heteroatoms. The van der Waals surface area contributed by atoms with E-state index < -0.39 is 39.7 Å². The fourth-order valence-electron chi connectivity index (χ4n) is 6.80. The van der Waals surface area contributed by atoms with E-state index in [9.17, 15) is 23.1 Å². The van der Waals surface area contributed by atoms with Crippen molar-refractivity contribution in [3.63, 3.8) is 0 Å². The summed E-state index contributed by atoms with van der Waals surface area (Å²) in [7, 11) is -2.69. The summed E-state index contributed by atoms with van der Waals surface area (Å²) in [4.78, 5) is 26.3. The summed E-state index contributed by atoms with van der Waals surface area (Å²) in [5, 5.41) is 14.5. The van der Waals surface area contributed by atoms with Gasteiger partial charge in [-0.3, -0.25) is 4.98 Å². The lowest BCUT2D eigenvalue weighted by molar-refractivity contribution is -0.207. The van der Waals surface area contributed by atoms with Crippen LogP contribution in [0.1, 0.15) is 69.9 Å². The summed E-state index contributed by atoms with van der Waals surface area (Å²) >= 11 is 0. The third-order valence-corrected chi connectivity index (χ3v) is 13.1. The van der Waals surface area contributed by atoms with Gasteiger partial charge in [0.05, 0.1) is 11.9 Å². The maximum atomic E-state index is 13.3. The summed E-state index contributed by atoms with van der Waals surface area (Å²) < 4.78 is 59.8. The molecule has 53 heavy (non-hydrogen) atoms. The van der Waals surface area contributed by atoms with Gasteiger partial charge in [0.1, 0.15) is 24.9 Å². The smallest absolute Gasteiger partial charge is 0.420 e. The SMILES string of the molecule is CC(C)(C)OC(=O)N1[C@@H]2CC[C@H]1CC(c1cc(N(COCC[Si](C)(C)C)COCC[Si](C)(C)C)n3ncc(-c4ccc(C(O)C(F)(F)F)nc4)c3n1)C2. The number of pyridine rings is 1. The Labute approximate surface area is 313 Å². The predicted octanol–water partition coefficient (Wildman–Crippen LogP) is 8.46. The minimum absolute atomic E-state index is 0.0159. The Kier molecular flexibility index (Phi) is 12.4. The summed E-state index contributed by atoms with van der Waals surface area (Å²) in [6, 6.07) is 6.76. The van der Waals surface area contributed by atoms with Gasteiger partial charge in [0, 0.05) is 76.4 Å². The highest BCUT2D eigenvalue weighted by Crippen LogP contribution is 2.44. The van der Waals surface area contributed by atoms with E-state index >= 15 is 0 Å². The van der Waals surface area contributed by atoms with Gasteiger partial charge in [-0.2, -0.15) is 22.8 Å². The van der Waals surface area contributed by atoms with E-state index in [1.54, 1.807) is 10.7 Å². The molecule has 294 valence electrons. The molecule has 2 bridgehead atoms. The second-order valence-electron chi connectivity index (χ2n) is 17.9. The first-order valence-electron chi connectivity index (χ1n) is 18.6. The minimum atomic E-state index is -4.83. The van der Waals surface area contributed by atoms with Gasteiger partial charge < -0.3 is 29.1 Å². The molecular formula is C37H57F3N6O5Si2. The van der Waals surface area contributed by atoms with Crippen LogP contribution in [0.3, 0.4) is 0 Å². The van der Waals surface area contributed by atoms with Crippen molar-refractivity contribution in [3.8, 4) is 11.1 Å². The van der Waals surface area contributed by atoms with Crippen LogP contribution in [0, 0.1) is 0 Å². The van der Waals surface area contributed by atoms with Gasteiger partial charge in [0.2, 0.25) is 0 Å². The van der Waals surface area contributed by atoms with Crippen LogP contribution >= 0.6 is 0 Å². The number of piperidine rings is 1. The van der Waals surface area contributed by atoms with E-state index in [0.29, 0.717) is 42.8 Å². The Balaban J connectivity index is 1.53. The molecule has 5 rings (SSSR count). The molecule has 2 fully saturated rings. The number of hydrogen-bond donors (Lipinski definition) is 1. The van der Waals surface area contributed by atoms with Crippen LogP contribution in [0.15, 0.2) is 30.6 Å². The average Bonchev–Trinajstić information content (AvgIpc) is 3.59. The van der Waals surface area contributed by atoms with Gasteiger partial charge in [-0.05, 0) is 64.6 Å². The molecule has 3 aromatic rings. The Morgan fingerprint density at radius 1 is 0.962 bits per heavy atom. The quantitative estimate of drug-likeness (QED) is 0.0978. The second-order valence-corrected chi connectivity index (χ2v) is 29.2. The standard InChI is InChI=1S/C37H57F3N6O5Si2/c1-36(2,3)51-35(48)45-27-11-12-28(45)19-26(18-27)31-20-32(44(23-49-14-16-52(4,5)6)24-50-15-17-53(7,8)9)46-34(43-31)29(22-42-46)25-10-13-30(41-21-25)33(47)37(38,39)40/h10,13,20-22,26-28,33,47H,11-12,14-19,23-24H2,1-9H3/t26?,27-,28+,33?. The fourth-order valence-corrected chi connectivity index (χ4v) is 8.32. The van der Waals surface area contributed by atoms with Crippen molar-refractivity contribution in [2.45, 2.75) is 134 Å². The topological polar surface area (TPSA) is 115 Å². The number of halogens is 3. The van der Waals surface area contributed by atoms with E-state index in [2.05, 4.69) is 44.3 Å². The molecule has 0 aliphatic carbocycles. The highest BCUT2D eigenvalue weighted by molar-refractivity contribution is 6.76. The summed E-state index contributed by atoms with van der Waals surface area (Å²) in [5.41, 5.74) is 1.36. The van der Waals surface area contributed by atoms with Gasteiger partial charge >= 0.3 is 12.3 Å². The molecule has 2 unspecified atom stereocenters. The van der Waals surface area contributed by atoms with Crippen molar-refractivity contribution in [1.82, 2.24) is 24.5 Å². The number of ether oxygens (including phenoxy) is 3. The third kappa shape index (κ3) is 10.8. The Morgan fingerprint density at radius 3 is 2.04 bits per heavy atom. The lowest BCUT2D eigenvalue weighted by atomic mass is 9.88. The zero-order valence-electron chi connectivity index (χ0n) is 32.7. The molecule has 0 saturated carbocycles. The van der Waals surface area contributed by atoms with Crippen LogP contribution in [0.4, 0.5) is 23.8 Å². The van der Waals surface area contributed by atoms with Crippen molar-refractivity contribution in [2.75, 3.05) is 31.6 Å². The zero-order chi connectivity index (χ0) is 38.9. The molecule has 3 aromatic heterocycles. The van der Waals surface area contributed by atoms with Crippen LogP contribution in [-0.4, -0.2) is 102 Å². The van der Waals surface area contributed by atoms with Crippen LogP contribution in [0.25, 0.3) is 16.8 Å². The molecule has 2 aliphatic rings. The number of aliphatic hydroxyl groups is 1. The number of rotatable bonds is 14. The number of carbonyl (C=O) groups excluding carboxylic acids is 1. The van der Waals surface area contributed by atoms with Crippen molar-refractivity contribution >= 4 is 33.7 Å². The number of alkyl halides is 3. The van der Waals surface area contributed by atoms with Crippen molar-refractivity contribution < 1.29 is 37.3 Å². The maximum Gasteiger partial charge on any atom is 0.420 e. The second kappa shape index (κ2) is 16.0. The molecule has 1 N–H and O–H groups in total. The van der Waals surface area contributed by atoms with E-state index in [-0.39, 0.29) is 37.6 Å². The first-order chi connectivity index (χ1) is 24.6. The number of aliphatic hydroxyl groups excluding tert-OH is 1. The van der Waals surface area contributed by atoms with Crippen LogP contribution < -0.4 is 4.90 Å². The molecule has 5 heterocycles. The number of carbonyl (C=O) groups is 1. The summed E-state index contributed by atoms with van der Waals surface area (Å²) in [6.45, 7) is 21.2. The highest BCUT2D eigenvalue weighted by atomic mass is 28.3. The van der Waals surface area contributed by atoms with Gasteiger partial charge in [0.25, 0.3) is 0 Å². The van der Waals surface area contributed by atoms with Crippen molar-refractivity contribution in [3.05, 3.63) is 42.0 Å². The molecular weight excluding hydrogens is 722 g/mol. The molecule has 4 atom stereocenters. The van der Waals surface area contributed by atoms with Crippen molar-refractivity contribution in [1.29, 1.82) is 0 Å². The zero-order valence-corrected chi connectivity index (χ0v) is 34.7. The lowest BCUT2D eigenvalue weighted by Crippen LogP contribution is -2.48. The summed E-state index contributed by atoms with van der Waals surface area (Å²) in [6.07, 6.45) is -1.65. The van der Waals surface area contributed by atoms with E-state index in [1.807, 2.05) is 36.6 Å². The minimum Gasteiger partial charge on any atom is -0.444 e. The van der Waals surface area contributed by atoms with Crippen molar-refractivity contribution in [2.24, 2.45) is 0 Å². The van der Waals surface area contributed by atoms with Gasteiger partial charge in [-0.15, -0.1) is 0 Å². The molecule has 0 aromatic carbocycles. The largest absolute Gasteiger partial charge is 0.444 e. The number of nitrogens with zero attached hydrogens (tertiary/aromatic N) is 6. The van der Waals surface area contributed by atoms with E-state index in [0.717, 1.165) is 36.4 Å². The first kappa shape index (κ1) is 41.1. The Hall–Kier alpha value is -3.06. The lowest BCUT2D eigenvalue weighted by Gasteiger charge is -2.39. The number of amides is 1.